The van der Waals surface area contributed by atoms with Gasteiger partial charge in [-0.05, 0) is 35.9 Å². The van der Waals surface area contributed by atoms with Crippen molar-refractivity contribution in [1.82, 2.24) is 4.98 Å². The second-order valence-electron chi connectivity index (χ2n) is 5.06. The van der Waals surface area contributed by atoms with Gasteiger partial charge in [0.1, 0.15) is 11.1 Å². The van der Waals surface area contributed by atoms with Crippen molar-refractivity contribution in [2.75, 3.05) is 0 Å². The predicted molar refractivity (Wildman–Crippen MR) is 99.1 cm³/mol. The van der Waals surface area contributed by atoms with Crippen LogP contribution in [0.1, 0.15) is 10.6 Å². The Morgan fingerprint density at radius 1 is 1.20 bits per heavy atom. The van der Waals surface area contributed by atoms with Crippen LogP contribution in [-0.4, -0.2) is 9.91 Å². The van der Waals surface area contributed by atoms with E-state index in [4.69, 9.17) is 11.6 Å². The van der Waals surface area contributed by atoms with E-state index in [0.717, 1.165) is 11.1 Å². The molecule has 25 heavy (non-hydrogen) atoms. The molecule has 0 aliphatic carbocycles. The first-order valence-electron chi connectivity index (χ1n) is 7.15. The molecule has 122 valence electrons. The number of nitro groups is 1. The van der Waals surface area contributed by atoms with Crippen molar-refractivity contribution in [3.63, 3.8) is 0 Å². The molecule has 0 radical (unpaired) electrons. The number of hydrogen-bond donors (Lipinski definition) is 0. The van der Waals surface area contributed by atoms with Gasteiger partial charge < -0.3 is 0 Å². The van der Waals surface area contributed by atoms with E-state index in [9.17, 15) is 15.4 Å². The van der Waals surface area contributed by atoms with E-state index < -0.39 is 4.92 Å². The fraction of sp³-hybridized carbons (Fsp3) is 0. The van der Waals surface area contributed by atoms with Gasteiger partial charge in [-0.25, -0.2) is 4.98 Å². The minimum absolute atomic E-state index is 0.0274. The molecule has 1 heterocycles. The van der Waals surface area contributed by atoms with Gasteiger partial charge in [0.25, 0.3) is 5.69 Å². The van der Waals surface area contributed by atoms with Crippen molar-refractivity contribution in [3.8, 4) is 17.3 Å². The molecule has 5 nitrogen and oxygen atoms in total. The first-order chi connectivity index (χ1) is 12.1. The maximum absolute atomic E-state index is 10.7. The van der Waals surface area contributed by atoms with E-state index in [1.807, 2.05) is 17.5 Å². The van der Waals surface area contributed by atoms with Gasteiger partial charge >= 0.3 is 0 Å². The van der Waals surface area contributed by atoms with Crippen molar-refractivity contribution in [2.45, 2.75) is 0 Å². The summed E-state index contributed by atoms with van der Waals surface area (Å²) in [5.41, 5.74) is 2.76. The molecule has 0 atom stereocenters. The largest absolute Gasteiger partial charge is 0.269 e. The van der Waals surface area contributed by atoms with Gasteiger partial charge in [-0.15, -0.1) is 11.3 Å². The Balaban J connectivity index is 1.90. The predicted octanol–water partition coefficient (Wildman–Crippen LogP) is 5.44. The molecule has 0 aliphatic rings. The lowest BCUT2D eigenvalue weighted by Crippen LogP contribution is -1.87. The van der Waals surface area contributed by atoms with Crippen LogP contribution in [0.3, 0.4) is 0 Å². The van der Waals surface area contributed by atoms with E-state index >= 15 is 0 Å². The Morgan fingerprint density at radius 2 is 1.88 bits per heavy atom. The highest BCUT2D eigenvalue weighted by Gasteiger charge is 2.11. The minimum atomic E-state index is -0.446. The summed E-state index contributed by atoms with van der Waals surface area (Å²) in [4.78, 5) is 14.7. The standard InChI is InChI=1S/C18H10ClN3O2S/c19-15-5-1-12(2-6-15)9-14(10-20)18-21-17(11-25-18)13-3-7-16(8-4-13)22(23)24/h1-9,11H/b14-9-. The molecule has 0 N–H and O–H groups in total. The van der Waals surface area contributed by atoms with Gasteiger partial charge in [0.05, 0.1) is 16.2 Å². The summed E-state index contributed by atoms with van der Waals surface area (Å²) < 4.78 is 0. The number of nitrogens with zero attached hydrogens (tertiary/aromatic N) is 3. The Hall–Kier alpha value is -3.01. The monoisotopic (exact) mass is 367 g/mol. The summed E-state index contributed by atoms with van der Waals surface area (Å²) in [7, 11) is 0. The summed E-state index contributed by atoms with van der Waals surface area (Å²) in [6.45, 7) is 0. The third kappa shape index (κ3) is 3.91. The van der Waals surface area contributed by atoms with Crippen molar-refractivity contribution >= 4 is 40.3 Å². The molecule has 0 amide bonds. The van der Waals surface area contributed by atoms with Crippen LogP contribution in [0.5, 0.6) is 0 Å². The van der Waals surface area contributed by atoms with E-state index in [2.05, 4.69) is 11.1 Å². The normalized spacial score (nSPS) is 11.1. The maximum Gasteiger partial charge on any atom is 0.269 e. The van der Waals surface area contributed by atoms with Crippen LogP contribution >= 0.6 is 22.9 Å². The van der Waals surface area contributed by atoms with Crippen LogP contribution in [0.4, 0.5) is 5.69 Å². The second kappa shape index (κ2) is 7.26. The molecule has 0 spiro atoms. The molecule has 3 rings (SSSR count). The van der Waals surface area contributed by atoms with Crippen LogP contribution in [0, 0.1) is 21.4 Å². The van der Waals surface area contributed by atoms with Crippen molar-refractivity contribution in [2.24, 2.45) is 0 Å². The molecular weight excluding hydrogens is 358 g/mol. The zero-order valence-electron chi connectivity index (χ0n) is 12.7. The fourth-order valence-electron chi connectivity index (χ4n) is 2.15. The third-order valence-electron chi connectivity index (χ3n) is 3.41. The molecule has 2 aromatic carbocycles. The number of hydrogen-bond acceptors (Lipinski definition) is 5. The highest BCUT2D eigenvalue weighted by Crippen LogP contribution is 2.28. The number of thiazole rings is 1. The zero-order chi connectivity index (χ0) is 17.8. The summed E-state index contributed by atoms with van der Waals surface area (Å²) in [6, 6.07) is 15.5. The molecular formula is C18H10ClN3O2S. The summed E-state index contributed by atoms with van der Waals surface area (Å²) in [6.07, 6.45) is 1.74. The Morgan fingerprint density at radius 3 is 2.48 bits per heavy atom. The minimum Gasteiger partial charge on any atom is -0.258 e. The van der Waals surface area contributed by atoms with Gasteiger partial charge in [0, 0.05) is 28.1 Å². The quantitative estimate of drug-likeness (QED) is 0.349. The Labute approximate surface area is 152 Å². The summed E-state index contributed by atoms with van der Waals surface area (Å²) in [5.74, 6) is 0. The fourth-order valence-corrected chi connectivity index (χ4v) is 3.07. The highest BCUT2D eigenvalue weighted by atomic mass is 35.5. The lowest BCUT2D eigenvalue weighted by molar-refractivity contribution is -0.384. The van der Waals surface area contributed by atoms with Crippen LogP contribution in [-0.2, 0) is 0 Å². The van der Waals surface area contributed by atoms with Gasteiger partial charge in [0.2, 0.25) is 0 Å². The molecule has 7 heteroatoms. The van der Waals surface area contributed by atoms with Crippen LogP contribution in [0.15, 0.2) is 53.9 Å². The van der Waals surface area contributed by atoms with E-state index in [1.54, 1.807) is 30.3 Å². The third-order valence-corrected chi connectivity index (χ3v) is 4.54. The number of allylic oxidation sites excluding steroid dienone is 1. The average Bonchev–Trinajstić information content (AvgIpc) is 3.11. The number of non-ortho nitro benzene ring substituents is 1. The number of rotatable bonds is 4. The van der Waals surface area contributed by atoms with E-state index in [-0.39, 0.29) is 5.69 Å². The van der Waals surface area contributed by atoms with Crippen molar-refractivity contribution < 1.29 is 4.92 Å². The number of nitro benzene ring substituents is 1. The first kappa shape index (κ1) is 16.8. The number of benzene rings is 2. The second-order valence-corrected chi connectivity index (χ2v) is 6.36. The van der Waals surface area contributed by atoms with Crippen molar-refractivity contribution in [3.05, 3.63) is 79.6 Å². The molecule has 0 saturated heterocycles. The van der Waals surface area contributed by atoms with Crippen LogP contribution < -0.4 is 0 Å². The lowest BCUT2D eigenvalue weighted by atomic mass is 10.1. The van der Waals surface area contributed by atoms with Crippen LogP contribution in [0.25, 0.3) is 22.9 Å². The van der Waals surface area contributed by atoms with Gasteiger partial charge in [-0.3, -0.25) is 10.1 Å². The number of aromatic nitrogens is 1. The molecule has 0 saturated carbocycles. The smallest absolute Gasteiger partial charge is 0.258 e. The molecule has 1 aromatic heterocycles. The maximum atomic E-state index is 10.7. The molecule has 0 aliphatic heterocycles. The van der Waals surface area contributed by atoms with E-state index in [0.29, 0.717) is 21.3 Å². The SMILES string of the molecule is N#C/C(=C/c1ccc(Cl)cc1)c1nc(-c2ccc([N+](=O)[O-])cc2)cs1. The number of halogens is 1. The Bertz CT molecular complexity index is 986. The first-order valence-corrected chi connectivity index (χ1v) is 8.40. The lowest BCUT2D eigenvalue weighted by Gasteiger charge is -1.97. The highest BCUT2D eigenvalue weighted by molar-refractivity contribution is 7.11. The summed E-state index contributed by atoms with van der Waals surface area (Å²) >= 11 is 7.21. The average molecular weight is 368 g/mol. The van der Waals surface area contributed by atoms with Gasteiger partial charge in [0.15, 0.2) is 0 Å². The van der Waals surface area contributed by atoms with Gasteiger partial charge in [-0.2, -0.15) is 5.26 Å². The molecule has 0 unspecified atom stereocenters. The Kier molecular flexibility index (Phi) is 4.89. The topological polar surface area (TPSA) is 79.8 Å². The summed E-state index contributed by atoms with van der Waals surface area (Å²) in [5, 5.41) is 23.2. The van der Waals surface area contributed by atoms with Crippen LogP contribution in [0.2, 0.25) is 5.02 Å². The molecule has 0 fully saturated rings. The molecule has 3 aromatic rings. The van der Waals surface area contributed by atoms with Gasteiger partial charge in [-0.1, -0.05) is 23.7 Å². The van der Waals surface area contributed by atoms with Crippen molar-refractivity contribution in [1.29, 1.82) is 5.26 Å². The number of nitriles is 1. The molecule has 0 bridgehead atoms. The zero-order valence-corrected chi connectivity index (χ0v) is 14.3. The van der Waals surface area contributed by atoms with E-state index in [1.165, 1.54) is 23.5 Å².